The van der Waals surface area contributed by atoms with Crippen LogP contribution in [0.3, 0.4) is 0 Å². The first-order valence-corrected chi connectivity index (χ1v) is 5.61. The van der Waals surface area contributed by atoms with Crippen molar-refractivity contribution in [3.63, 3.8) is 0 Å². The van der Waals surface area contributed by atoms with Gasteiger partial charge in [0.05, 0.1) is 5.56 Å². The van der Waals surface area contributed by atoms with Crippen LogP contribution in [0.5, 0.6) is 5.75 Å². The Balaban J connectivity index is 2.48. The van der Waals surface area contributed by atoms with Crippen molar-refractivity contribution in [2.45, 2.75) is 0 Å². The zero-order valence-corrected chi connectivity index (χ0v) is 10.00. The van der Waals surface area contributed by atoms with Crippen LogP contribution >= 0.6 is 0 Å². The van der Waals surface area contributed by atoms with Crippen molar-refractivity contribution >= 4 is 0 Å². The Kier molecular flexibility index (Phi) is 3.90. The Morgan fingerprint density at radius 1 is 1.00 bits per heavy atom. The molecular formula is C15H11F3O. The summed E-state index contributed by atoms with van der Waals surface area (Å²) >= 11 is 0. The highest BCUT2D eigenvalue weighted by molar-refractivity contribution is 5.66. The highest BCUT2D eigenvalue weighted by atomic mass is 19.1. The predicted molar refractivity (Wildman–Crippen MR) is 67.4 cm³/mol. The van der Waals surface area contributed by atoms with Gasteiger partial charge in [0.2, 0.25) is 0 Å². The number of hydrogen-bond acceptors (Lipinski definition) is 1. The quantitative estimate of drug-likeness (QED) is 0.746. The number of halogens is 3. The van der Waals surface area contributed by atoms with Gasteiger partial charge in [-0.15, -0.1) is 0 Å². The van der Waals surface area contributed by atoms with E-state index in [1.54, 1.807) is 0 Å². The molecule has 0 aliphatic rings. The maximum atomic E-state index is 13.9. The number of benzene rings is 2. The smallest absolute Gasteiger partial charge is 0.137 e. The van der Waals surface area contributed by atoms with Crippen molar-refractivity contribution in [1.29, 1.82) is 0 Å². The molecular weight excluding hydrogens is 253 g/mol. The van der Waals surface area contributed by atoms with Gasteiger partial charge in [0.25, 0.3) is 0 Å². The summed E-state index contributed by atoms with van der Waals surface area (Å²) in [6, 6.07) is 7.48. The number of hydrogen-bond donors (Lipinski definition) is 0. The zero-order valence-electron chi connectivity index (χ0n) is 10.00. The maximum absolute atomic E-state index is 13.9. The lowest BCUT2D eigenvalue weighted by Gasteiger charge is -2.09. The molecule has 0 unspecified atom stereocenters. The minimum Gasteiger partial charge on any atom is -0.489 e. The molecule has 0 fully saturated rings. The first-order valence-electron chi connectivity index (χ1n) is 5.61. The zero-order chi connectivity index (χ0) is 13.8. The summed E-state index contributed by atoms with van der Waals surface area (Å²) in [5.74, 6) is -2.39. The predicted octanol–water partition coefficient (Wildman–Crippen LogP) is 4.34. The molecule has 0 saturated carbocycles. The average molecular weight is 264 g/mol. The number of ether oxygens (including phenoxy) is 1. The number of rotatable bonds is 4. The minimum atomic E-state index is -0.871. The van der Waals surface area contributed by atoms with Gasteiger partial charge in [0.1, 0.15) is 29.8 Å². The molecule has 0 amide bonds. The first kappa shape index (κ1) is 13.2. The average Bonchev–Trinajstić information content (AvgIpc) is 2.38. The molecule has 0 aliphatic heterocycles. The Labute approximate surface area is 109 Å². The normalized spacial score (nSPS) is 10.3. The molecule has 98 valence electrons. The van der Waals surface area contributed by atoms with Crippen molar-refractivity contribution in [3.05, 3.63) is 66.5 Å². The van der Waals surface area contributed by atoms with Crippen molar-refractivity contribution in [2.24, 2.45) is 0 Å². The van der Waals surface area contributed by atoms with Gasteiger partial charge in [-0.05, 0) is 6.07 Å². The van der Waals surface area contributed by atoms with Gasteiger partial charge in [-0.1, -0.05) is 30.9 Å². The fraction of sp³-hybridized carbons (Fsp3) is 0.0667. The Bertz CT molecular complexity index is 585. The summed E-state index contributed by atoms with van der Waals surface area (Å²) in [7, 11) is 0. The van der Waals surface area contributed by atoms with E-state index in [1.165, 1.54) is 24.3 Å². The van der Waals surface area contributed by atoms with Gasteiger partial charge in [0.15, 0.2) is 0 Å². The Hall–Kier alpha value is -2.23. The van der Waals surface area contributed by atoms with Gasteiger partial charge < -0.3 is 4.74 Å². The van der Waals surface area contributed by atoms with Crippen molar-refractivity contribution in [2.75, 3.05) is 6.61 Å². The lowest BCUT2D eigenvalue weighted by atomic mass is 10.0. The molecule has 0 heterocycles. The lowest BCUT2D eigenvalue weighted by Crippen LogP contribution is -1.98. The van der Waals surface area contributed by atoms with Crippen LogP contribution < -0.4 is 4.74 Å². The van der Waals surface area contributed by atoms with E-state index < -0.39 is 23.0 Å². The lowest BCUT2D eigenvalue weighted by molar-refractivity contribution is 0.358. The summed E-state index contributed by atoms with van der Waals surface area (Å²) in [5, 5.41) is 0. The third kappa shape index (κ3) is 2.78. The van der Waals surface area contributed by atoms with E-state index in [0.29, 0.717) is 0 Å². The van der Waals surface area contributed by atoms with E-state index in [-0.39, 0.29) is 17.9 Å². The van der Waals surface area contributed by atoms with Crippen LogP contribution in [0.1, 0.15) is 0 Å². The molecule has 0 atom stereocenters. The highest BCUT2D eigenvalue weighted by Crippen LogP contribution is 2.31. The van der Waals surface area contributed by atoms with E-state index >= 15 is 0 Å². The van der Waals surface area contributed by atoms with Gasteiger partial charge in [-0.2, -0.15) is 0 Å². The van der Waals surface area contributed by atoms with Crippen LogP contribution in [-0.2, 0) is 0 Å². The van der Waals surface area contributed by atoms with E-state index in [9.17, 15) is 13.2 Å². The van der Waals surface area contributed by atoms with Crippen LogP contribution in [0.4, 0.5) is 13.2 Å². The van der Waals surface area contributed by atoms with Crippen molar-refractivity contribution < 1.29 is 17.9 Å². The van der Waals surface area contributed by atoms with Crippen LogP contribution in [0.25, 0.3) is 11.1 Å². The van der Waals surface area contributed by atoms with Gasteiger partial charge >= 0.3 is 0 Å². The topological polar surface area (TPSA) is 9.23 Å². The third-order valence-electron chi connectivity index (χ3n) is 2.53. The standard InChI is InChI=1S/C15H11F3O/c1-2-7-19-10-8-13(17)15(14(18)9-10)11-5-3-4-6-12(11)16/h2-6,8-9H,1,7H2. The molecule has 1 nitrogen and oxygen atoms in total. The second kappa shape index (κ2) is 5.61. The van der Waals surface area contributed by atoms with Crippen LogP contribution in [-0.4, -0.2) is 6.61 Å². The third-order valence-corrected chi connectivity index (χ3v) is 2.53. The molecule has 2 aromatic rings. The maximum Gasteiger partial charge on any atom is 0.137 e. The molecule has 2 aromatic carbocycles. The fourth-order valence-corrected chi connectivity index (χ4v) is 1.71. The molecule has 0 aliphatic carbocycles. The molecule has 0 N–H and O–H groups in total. The Morgan fingerprint density at radius 3 is 2.21 bits per heavy atom. The van der Waals surface area contributed by atoms with E-state index in [1.807, 2.05) is 0 Å². The molecule has 0 aromatic heterocycles. The van der Waals surface area contributed by atoms with Gasteiger partial charge in [0, 0.05) is 17.7 Å². The molecule has 0 bridgehead atoms. The van der Waals surface area contributed by atoms with Gasteiger partial charge in [-0.3, -0.25) is 0 Å². The van der Waals surface area contributed by atoms with E-state index in [4.69, 9.17) is 4.74 Å². The monoisotopic (exact) mass is 264 g/mol. The summed E-state index contributed by atoms with van der Waals surface area (Å²) in [5.41, 5.74) is -0.517. The second-order valence-corrected chi connectivity index (χ2v) is 3.84. The summed E-state index contributed by atoms with van der Waals surface area (Å²) < 4.78 is 46.4. The first-order chi connectivity index (χ1) is 9.13. The van der Waals surface area contributed by atoms with Crippen LogP contribution in [0.2, 0.25) is 0 Å². The van der Waals surface area contributed by atoms with Gasteiger partial charge in [-0.25, -0.2) is 13.2 Å². The van der Waals surface area contributed by atoms with E-state index in [2.05, 4.69) is 6.58 Å². The summed E-state index contributed by atoms with van der Waals surface area (Å²) in [4.78, 5) is 0. The molecule has 4 heteroatoms. The molecule has 0 saturated heterocycles. The van der Waals surface area contributed by atoms with Crippen LogP contribution in [0.15, 0.2) is 49.1 Å². The fourth-order valence-electron chi connectivity index (χ4n) is 1.71. The molecule has 2 rings (SSSR count). The molecule has 19 heavy (non-hydrogen) atoms. The van der Waals surface area contributed by atoms with Crippen molar-refractivity contribution in [1.82, 2.24) is 0 Å². The highest BCUT2D eigenvalue weighted by Gasteiger charge is 2.16. The second-order valence-electron chi connectivity index (χ2n) is 3.84. The summed E-state index contributed by atoms with van der Waals surface area (Å²) in [6.07, 6.45) is 1.46. The molecule has 0 spiro atoms. The molecule has 0 radical (unpaired) electrons. The Morgan fingerprint density at radius 2 is 1.63 bits per heavy atom. The summed E-state index contributed by atoms with van der Waals surface area (Å²) in [6.45, 7) is 3.57. The van der Waals surface area contributed by atoms with Crippen molar-refractivity contribution in [3.8, 4) is 16.9 Å². The van der Waals surface area contributed by atoms with E-state index in [0.717, 1.165) is 18.2 Å². The largest absolute Gasteiger partial charge is 0.489 e. The van der Waals surface area contributed by atoms with Crippen LogP contribution in [0, 0.1) is 17.5 Å². The SMILES string of the molecule is C=CCOc1cc(F)c(-c2ccccc2F)c(F)c1. The minimum absolute atomic E-state index is 0.0370.